The Morgan fingerprint density at radius 3 is 2.94 bits per heavy atom. The van der Waals surface area contributed by atoms with E-state index in [2.05, 4.69) is 4.99 Å². The molecule has 2 atom stereocenters. The number of nitrogens with zero attached hydrogens (tertiary/aromatic N) is 2. The Kier molecular flexibility index (Phi) is 3.25. The fourth-order valence-corrected chi connectivity index (χ4v) is 3.17. The topological polar surface area (TPSA) is 67.9 Å². The Bertz CT molecular complexity index is 351. The van der Waals surface area contributed by atoms with Crippen molar-refractivity contribution in [1.29, 1.82) is 0 Å². The highest BCUT2D eigenvalue weighted by Gasteiger charge is 2.40. The van der Waals surface area contributed by atoms with E-state index in [-0.39, 0.29) is 17.5 Å². The predicted molar refractivity (Wildman–Crippen MR) is 69.0 cm³/mol. The van der Waals surface area contributed by atoms with Crippen LogP contribution < -0.4 is 5.73 Å². The molecule has 5 nitrogen and oxygen atoms in total. The summed E-state index contributed by atoms with van der Waals surface area (Å²) in [6, 6.07) is 0.140. The molecule has 0 aromatic rings. The Morgan fingerprint density at radius 1 is 1.59 bits per heavy atom. The highest BCUT2D eigenvalue weighted by molar-refractivity contribution is 8.14. The standard InChI is InChI=1S/C11H19N3O2S/c1-11(2,3)16-10(15)14-6-4-5-7-8(14)17-9(12)13-7/h7-8H,4-6H2,1-3H3,(H2,12,13). The molecule has 0 aromatic heterocycles. The number of piperidine rings is 1. The molecule has 0 radical (unpaired) electrons. The van der Waals surface area contributed by atoms with Gasteiger partial charge in [-0.3, -0.25) is 9.89 Å². The lowest BCUT2D eigenvalue weighted by Crippen LogP contribution is -2.49. The van der Waals surface area contributed by atoms with Crippen molar-refractivity contribution in [2.75, 3.05) is 6.54 Å². The Hall–Kier alpha value is -0.910. The summed E-state index contributed by atoms with van der Waals surface area (Å²) in [5.41, 5.74) is 5.26. The monoisotopic (exact) mass is 257 g/mol. The number of carbonyl (C=O) groups is 1. The zero-order valence-electron chi connectivity index (χ0n) is 10.5. The van der Waals surface area contributed by atoms with E-state index in [1.807, 2.05) is 20.8 Å². The van der Waals surface area contributed by atoms with Gasteiger partial charge in [0, 0.05) is 6.54 Å². The van der Waals surface area contributed by atoms with Gasteiger partial charge in [-0.15, -0.1) is 0 Å². The van der Waals surface area contributed by atoms with Crippen molar-refractivity contribution in [3.05, 3.63) is 0 Å². The molecule has 0 aliphatic carbocycles. The molecule has 17 heavy (non-hydrogen) atoms. The van der Waals surface area contributed by atoms with Crippen LogP contribution in [0.5, 0.6) is 0 Å². The number of amides is 1. The molecule has 2 heterocycles. The van der Waals surface area contributed by atoms with Crippen molar-refractivity contribution in [3.63, 3.8) is 0 Å². The maximum absolute atomic E-state index is 12.1. The van der Waals surface area contributed by atoms with Gasteiger partial charge in [-0.1, -0.05) is 11.8 Å². The normalized spacial score (nSPS) is 28.6. The number of nitrogens with two attached hydrogens (primary N) is 1. The highest BCUT2D eigenvalue weighted by atomic mass is 32.2. The maximum Gasteiger partial charge on any atom is 0.411 e. The van der Waals surface area contributed by atoms with Gasteiger partial charge in [0.15, 0.2) is 5.17 Å². The van der Waals surface area contributed by atoms with Crippen LogP contribution in [0.4, 0.5) is 4.79 Å². The molecular weight excluding hydrogens is 238 g/mol. The lowest BCUT2D eigenvalue weighted by molar-refractivity contribution is 0.0172. The molecule has 0 spiro atoms. The van der Waals surface area contributed by atoms with Crippen LogP contribution in [0.3, 0.4) is 0 Å². The minimum Gasteiger partial charge on any atom is -0.444 e. The van der Waals surface area contributed by atoms with Crippen molar-refractivity contribution in [2.24, 2.45) is 10.7 Å². The molecule has 2 aliphatic heterocycles. The third-order valence-corrected chi connectivity index (χ3v) is 3.85. The molecule has 1 amide bonds. The summed E-state index contributed by atoms with van der Waals surface area (Å²) < 4.78 is 5.40. The quantitative estimate of drug-likeness (QED) is 0.718. The minimum atomic E-state index is -0.459. The number of aliphatic imine (C=N–C) groups is 1. The van der Waals surface area contributed by atoms with Gasteiger partial charge in [0.1, 0.15) is 11.0 Å². The van der Waals surface area contributed by atoms with E-state index in [1.54, 1.807) is 4.90 Å². The summed E-state index contributed by atoms with van der Waals surface area (Å²) in [5, 5.41) is 0.606. The molecular formula is C11H19N3O2S. The highest BCUT2D eigenvalue weighted by Crippen LogP contribution is 2.34. The van der Waals surface area contributed by atoms with Crippen LogP contribution in [-0.2, 0) is 4.74 Å². The first kappa shape index (κ1) is 12.5. The number of amidine groups is 1. The van der Waals surface area contributed by atoms with Crippen LogP contribution in [0.25, 0.3) is 0 Å². The van der Waals surface area contributed by atoms with Crippen molar-refractivity contribution < 1.29 is 9.53 Å². The van der Waals surface area contributed by atoms with Crippen LogP contribution >= 0.6 is 11.8 Å². The van der Waals surface area contributed by atoms with Gasteiger partial charge in [-0.2, -0.15) is 0 Å². The van der Waals surface area contributed by atoms with Crippen molar-refractivity contribution in [2.45, 2.75) is 50.6 Å². The molecule has 1 saturated heterocycles. The molecule has 2 rings (SSSR count). The van der Waals surface area contributed by atoms with Crippen LogP contribution in [0.1, 0.15) is 33.6 Å². The molecule has 0 bridgehead atoms. The van der Waals surface area contributed by atoms with Crippen LogP contribution in [0.2, 0.25) is 0 Å². The summed E-state index contributed by atoms with van der Waals surface area (Å²) in [6.07, 6.45) is 1.69. The van der Waals surface area contributed by atoms with Gasteiger partial charge in [0.25, 0.3) is 0 Å². The molecule has 0 aromatic carbocycles. The van der Waals surface area contributed by atoms with Gasteiger partial charge in [-0.05, 0) is 33.6 Å². The van der Waals surface area contributed by atoms with E-state index >= 15 is 0 Å². The third kappa shape index (κ3) is 2.86. The third-order valence-electron chi connectivity index (χ3n) is 2.70. The zero-order chi connectivity index (χ0) is 12.6. The number of ether oxygens (including phenoxy) is 1. The number of hydrogen-bond acceptors (Lipinski definition) is 5. The fraction of sp³-hybridized carbons (Fsp3) is 0.818. The lowest BCUT2D eigenvalue weighted by Gasteiger charge is -2.36. The average Bonchev–Trinajstić information content (AvgIpc) is 2.54. The van der Waals surface area contributed by atoms with Gasteiger partial charge in [0.2, 0.25) is 0 Å². The Morgan fingerprint density at radius 2 is 2.29 bits per heavy atom. The second-order valence-electron chi connectivity index (χ2n) is 5.36. The number of fused-ring (bicyclic) bond motifs is 1. The number of carbonyl (C=O) groups excluding carboxylic acids is 1. The molecule has 1 fully saturated rings. The maximum atomic E-state index is 12.1. The van der Waals surface area contributed by atoms with Crippen molar-refractivity contribution >= 4 is 23.0 Å². The fourth-order valence-electron chi connectivity index (χ4n) is 2.05. The van der Waals surface area contributed by atoms with E-state index in [1.165, 1.54) is 11.8 Å². The molecule has 0 saturated carbocycles. The number of likely N-dealkylation sites (tertiary alicyclic amines) is 1. The first-order chi connectivity index (χ1) is 7.87. The smallest absolute Gasteiger partial charge is 0.411 e. The summed E-state index contributed by atoms with van der Waals surface area (Å²) >= 11 is 1.46. The summed E-state index contributed by atoms with van der Waals surface area (Å²) in [6.45, 7) is 6.35. The molecule has 2 N–H and O–H groups in total. The Labute approximate surface area is 106 Å². The predicted octanol–water partition coefficient (Wildman–Crippen LogP) is 1.77. The minimum absolute atomic E-state index is 0.0265. The van der Waals surface area contributed by atoms with E-state index in [0.717, 1.165) is 19.4 Å². The number of thioether (sulfide) groups is 1. The van der Waals surface area contributed by atoms with Crippen molar-refractivity contribution in [1.82, 2.24) is 4.90 Å². The van der Waals surface area contributed by atoms with E-state index in [4.69, 9.17) is 10.5 Å². The van der Waals surface area contributed by atoms with Gasteiger partial charge >= 0.3 is 6.09 Å². The number of rotatable bonds is 0. The van der Waals surface area contributed by atoms with Crippen LogP contribution in [-0.4, -0.2) is 39.7 Å². The van der Waals surface area contributed by atoms with E-state index in [0.29, 0.717) is 5.17 Å². The second-order valence-corrected chi connectivity index (χ2v) is 6.50. The molecule has 2 aliphatic rings. The van der Waals surface area contributed by atoms with Gasteiger partial charge in [-0.25, -0.2) is 4.79 Å². The van der Waals surface area contributed by atoms with Crippen molar-refractivity contribution in [3.8, 4) is 0 Å². The molecule has 6 heteroatoms. The average molecular weight is 257 g/mol. The van der Waals surface area contributed by atoms with E-state index in [9.17, 15) is 4.79 Å². The first-order valence-corrected chi connectivity index (χ1v) is 6.74. The second kappa shape index (κ2) is 4.40. The van der Waals surface area contributed by atoms with E-state index < -0.39 is 5.60 Å². The summed E-state index contributed by atoms with van der Waals surface area (Å²) in [7, 11) is 0. The van der Waals surface area contributed by atoms with Gasteiger partial charge < -0.3 is 10.5 Å². The summed E-state index contributed by atoms with van der Waals surface area (Å²) in [5.74, 6) is 0. The lowest BCUT2D eigenvalue weighted by atomic mass is 10.1. The number of hydrogen-bond donors (Lipinski definition) is 1. The summed E-state index contributed by atoms with van der Waals surface area (Å²) in [4.78, 5) is 18.2. The molecule has 2 unspecified atom stereocenters. The molecule has 96 valence electrons. The van der Waals surface area contributed by atoms with Crippen LogP contribution in [0.15, 0.2) is 4.99 Å². The Balaban J connectivity index is 2.04. The van der Waals surface area contributed by atoms with Gasteiger partial charge in [0.05, 0.1) is 6.04 Å². The van der Waals surface area contributed by atoms with Crippen LogP contribution in [0, 0.1) is 0 Å². The largest absolute Gasteiger partial charge is 0.444 e. The zero-order valence-corrected chi connectivity index (χ0v) is 11.3. The SMILES string of the molecule is CC(C)(C)OC(=O)N1CCCC2N=C(N)SC21. The first-order valence-electron chi connectivity index (χ1n) is 5.86.